The van der Waals surface area contributed by atoms with Gasteiger partial charge >= 0.3 is 4.87 Å². The van der Waals surface area contributed by atoms with Gasteiger partial charge in [-0.1, -0.05) is 71.1 Å². The van der Waals surface area contributed by atoms with E-state index in [2.05, 4.69) is 10.3 Å². The third kappa shape index (κ3) is 4.75. The number of hydrogen-bond donors (Lipinski definition) is 2. The van der Waals surface area contributed by atoms with E-state index in [9.17, 15) is 19.2 Å². The van der Waals surface area contributed by atoms with E-state index in [0.29, 0.717) is 37.6 Å². The lowest BCUT2D eigenvalue weighted by Gasteiger charge is -2.31. The van der Waals surface area contributed by atoms with E-state index in [1.807, 2.05) is 24.3 Å². The van der Waals surface area contributed by atoms with Crippen LogP contribution in [0.4, 0.5) is 11.4 Å². The van der Waals surface area contributed by atoms with Crippen molar-refractivity contribution in [3.05, 3.63) is 104 Å². The van der Waals surface area contributed by atoms with E-state index in [-0.39, 0.29) is 29.2 Å². The van der Waals surface area contributed by atoms with Crippen LogP contribution >= 0.6 is 34.7 Å². The predicted octanol–water partition coefficient (Wildman–Crippen LogP) is 4.90. The summed E-state index contributed by atoms with van der Waals surface area (Å²) in [6.07, 6.45) is 0. The number of H-pyrrole nitrogens is 1. The molecule has 2 aliphatic heterocycles. The lowest BCUT2D eigenvalue weighted by atomic mass is 9.82. The predicted molar refractivity (Wildman–Crippen MR) is 151 cm³/mol. The van der Waals surface area contributed by atoms with E-state index in [1.165, 1.54) is 16.7 Å². The number of halogens is 1. The van der Waals surface area contributed by atoms with Gasteiger partial charge in [0.15, 0.2) is 6.61 Å². The summed E-state index contributed by atoms with van der Waals surface area (Å²) >= 11 is 8.59. The van der Waals surface area contributed by atoms with Gasteiger partial charge in [-0.15, -0.1) is 0 Å². The molecule has 0 saturated carbocycles. The maximum atomic E-state index is 13.9. The fraction of sp³-hybridized carbons (Fsp3) is 0.143. The number of fused-ring (bicyclic) bond motifs is 2. The Morgan fingerprint density at radius 2 is 1.69 bits per heavy atom. The van der Waals surface area contributed by atoms with Gasteiger partial charge in [0.05, 0.1) is 16.6 Å². The molecule has 1 fully saturated rings. The quantitative estimate of drug-likeness (QED) is 0.316. The number of hydrogen-bond acceptors (Lipinski definition) is 7. The van der Waals surface area contributed by atoms with Crippen molar-refractivity contribution in [2.75, 3.05) is 16.8 Å². The Bertz CT molecular complexity index is 1640. The molecule has 3 unspecified atom stereocenters. The molecule has 0 radical (unpaired) electrons. The Labute approximate surface area is 236 Å². The van der Waals surface area contributed by atoms with Crippen molar-refractivity contribution in [1.82, 2.24) is 4.98 Å². The van der Waals surface area contributed by atoms with Crippen LogP contribution < -0.4 is 19.8 Å². The average Bonchev–Trinajstić information content (AvgIpc) is 3.43. The third-order valence-corrected chi connectivity index (χ3v) is 9.20. The summed E-state index contributed by atoms with van der Waals surface area (Å²) in [4.78, 5) is 56.8. The minimum absolute atomic E-state index is 0.288. The number of carbonyl (C=O) groups is 3. The number of ether oxygens (including phenoxy) is 1. The van der Waals surface area contributed by atoms with Crippen molar-refractivity contribution in [3.8, 4) is 5.75 Å². The zero-order valence-electron chi connectivity index (χ0n) is 20.1. The van der Waals surface area contributed by atoms with E-state index in [1.54, 1.807) is 54.6 Å². The number of rotatable bonds is 6. The van der Waals surface area contributed by atoms with Gasteiger partial charge in [0.2, 0.25) is 11.8 Å². The topological polar surface area (TPSA) is 109 Å². The molecule has 8 nitrogen and oxygen atoms in total. The number of anilines is 2. The number of aromatic nitrogens is 1. The largest absolute Gasteiger partial charge is 0.483 e. The number of aromatic amines is 1. The average molecular weight is 578 g/mol. The number of nitrogens with zero attached hydrogens (tertiary/aromatic N) is 1. The van der Waals surface area contributed by atoms with Crippen LogP contribution in [0, 0.1) is 5.92 Å². The molecule has 3 heterocycles. The second-order valence-electron chi connectivity index (χ2n) is 8.98. The van der Waals surface area contributed by atoms with E-state index >= 15 is 0 Å². The molecular weight excluding hydrogens is 558 g/mol. The molecule has 39 heavy (non-hydrogen) atoms. The molecule has 0 spiro atoms. The first kappa shape index (κ1) is 25.4. The van der Waals surface area contributed by atoms with Crippen molar-refractivity contribution >= 4 is 63.8 Å². The molecule has 196 valence electrons. The van der Waals surface area contributed by atoms with Crippen LogP contribution in [-0.4, -0.2) is 34.6 Å². The van der Waals surface area contributed by atoms with Gasteiger partial charge in [-0.25, -0.2) is 4.90 Å². The Kier molecular flexibility index (Phi) is 6.76. The Morgan fingerprint density at radius 1 is 0.974 bits per heavy atom. The first-order chi connectivity index (χ1) is 18.9. The summed E-state index contributed by atoms with van der Waals surface area (Å²) in [6, 6.07) is 22.7. The zero-order chi connectivity index (χ0) is 27.1. The van der Waals surface area contributed by atoms with Crippen molar-refractivity contribution in [3.63, 3.8) is 0 Å². The first-order valence-electron chi connectivity index (χ1n) is 12.0. The number of carbonyl (C=O) groups excluding carboxylic acids is 3. The fourth-order valence-electron chi connectivity index (χ4n) is 4.94. The lowest BCUT2D eigenvalue weighted by Crippen LogP contribution is -2.32. The maximum absolute atomic E-state index is 13.9. The number of amides is 3. The van der Waals surface area contributed by atoms with Crippen molar-refractivity contribution in [2.24, 2.45) is 5.92 Å². The number of thiazole rings is 1. The van der Waals surface area contributed by atoms with Gasteiger partial charge in [0.25, 0.3) is 5.91 Å². The molecule has 1 aromatic heterocycles. The number of nitrogens with one attached hydrogen (secondary N) is 2. The summed E-state index contributed by atoms with van der Waals surface area (Å²) in [6.45, 7) is -0.293. The smallest absolute Gasteiger partial charge is 0.305 e. The van der Waals surface area contributed by atoms with E-state index < -0.39 is 17.1 Å². The molecule has 2 N–H and O–H groups in total. The maximum Gasteiger partial charge on any atom is 0.305 e. The Balaban J connectivity index is 1.38. The highest BCUT2D eigenvalue weighted by Gasteiger charge is 2.56. The third-order valence-electron chi connectivity index (χ3n) is 6.56. The van der Waals surface area contributed by atoms with E-state index in [4.69, 9.17) is 16.3 Å². The minimum Gasteiger partial charge on any atom is -0.483 e. The monoisotopic (exact) mass is 577 g/mol. The van der Waals surface area contributed by atoms with Crippen LogP contribution in [0.5, 0.6) is 5.75 Å². The number of thioether (sulfide) groups is 1. The van der Waals surface area contributed by atoms with Crippen molar-refractivity contribution < 1.29 is 19.1 Å². The zero-order valence-corrected chi connectivity index (χ0v) is 22.5. The molecule has 3 amide bonds. The molecule has 4 aromatic rings. The van der Waals surface area contributed by atoms with Crippen LogP contribution in [0.2, 0.25) is 5.02 Å². The molecule has 1 saturated heterocycles. The van der Waals surface area contributed by atoms with Crippen molar-refractivity contribution in [1.29, 1.82) is 0 Å². The van der Waals surface area contributed by atoms with Gasteiger partial charge in [-0.3, -0.25) is 19.2 Å². The summed E-state index contributed by atoms with van der Waals surface area (Å²) in [5.74, 6) is -2.24. The van der Waals surface area contributed by atoms with Gasteiger partial charge in [0, 0.05) is 27.1 Å². The van der Waals surface area contributed by atoms with Crippen LogP contribution in [0.3, 0.4) is 0 Å². The minimum atomic E-state index is -0.805. The molecular formula is C28H20ClN3O5S2. The molecule has 3 aromatic carbocycles. The SMILES string of the molecule is O=C(COc1ccc(Cl)cc1C1c2sc(=O)[nH]c2SC2C(=O)N(c3ccccc3)C(=O)C21)Nc1ccccc1. The van der Waals surface area contributed by atoms with Crippen LogP contribution in [0.25, 0.3) is 0 Å². The number of para-hydroxylation sites is 2. The molecule has 2 aliphatic rings. The highest BCUT2D eigenvalue weighted by molar-refractivity contribution is 8.00. The van der Waals surface area contributed by atoms with Crippen LogP contribution in [0.15, 0.2) is 88.7 Å². The Hall–Kier alpha value is -3.86. The molecule has 11 heteroatoms. The number of benzene rings is 3. The Morgan fingerprint density at radius 3 is 2.44 bits per heavy atom. The molecule has 6 rings (SSSR count). The van der Waals surface area contributed by atoms with Crippen LogP contribution in [-0.2, 0) is 14.4 Å². The highest BCUT2D eigenvalue weighted by atomic mass is 35.5. The summed E-state index contributed by atoms with van der Waals surface area (Å²) in [5, 5.41) is 2.95. The van der Waals surface area contributed by atoms with Gasteiger partial charge in [-0.05, 0) is 42.5 Å². The summed E-state index contributed by atoms with van der Waals surface area (Å²) in [7, 11) is 0. The van der Waals surface area contributed by atoms with Gasteiger partial charge in [-0.2, -0.15) is 0 Å². The fourth-order valence-corrected chi connectivity index (χ4v) is 7.63. The number of imide groups is 1. The second-order valence-corrected chi connectivity index (χ2v) is 11.6. The molecule has 3 atom stereocenters. The lowest BCUT2D eigenvalue weighted by molar-refractivity contribution is -0.122. The summed E-state index contributed by atoms with van der Waals surface area (Å²) in [5.41, 5.74) is 1.64. The standard InChI is InChI=1S/C28H20ClN3O5S2/c29-15-11-12-19(37-14-20(33)30-16-7-3-1-4-8-16)18(13-15)21-22-24(38-25-23(21)39-28(36)31-25)27(35)32(26(22)34)17-9-5-2-6-10-17/h1-13,21-22,24H,14H2,(H,30,33)(H,31,36). The summed E-state index contributed by atoms with van der Waals surface area (Å²) < 4.78 is 5.95. The van der Waals surface area contributed by atoms with E-state index in [0.717, 1.165) is 11.3 Å². The normalized spacial score (nSPS) is 19.9. The highest BCUT2D eigenvalue weighted by Crippen LogP contribution is 2.54. The molecule has 0 aliphatic carbocycles. The second kappa shape index (κ2) is 10.4. The van der Waals surface area contributed by atoms with Crippen LogP contribution in [0.1, 0.15) is 16.4 Å². The van der Waals surface area contributed by atoms with Gasteiger partial charge in [0.1, 0.15) is 11.0 Å². The first-order valence-corrected chi connectivity index (χ1v) is 14.1. The van der Waals surface area contributed by atoms with Gasteiger partial charge < -0.3 is 15.0 Å². The van der Waals surface area contributed by atoms with Crippen molar-refractivity contribution in [2.45, 2.75) is 16.2 Å². The molecule has 0 bridgehead atoms.